The number of benzene rings is 3. The Morgan fingerprint density at radius 2 is 1.43 bits per heavy atom. The highest BCUT2D eigenvalue weighted by Crippen LogP contribution is 2.39. The first-order chi connectivity index (χ1) is 13.5. The molecular weight excluding hydrogens is 368 g/mol. The Labute approximate surface area is 169 Å². The van der Waals surface area contributed by atoms with E-state index in [-0.39, 0.29) is 5.60 Å². The van der Waals surface area contributed by atoms with Crippen LogP contribution in [0.15, 0.2) is 99.8 Å². The summed E-state index contributed by atoms with van der Waals surface area (Å²) >= 11 is 0. The standard InChI is InChI=1S/C24H23O3S/c1-24(2,3)27-19-14-15-23(22(18-19)26-17-16-25)28(20-10-6-4-7-11-20)21-12-8-5-9-13-21/h4-15,17-18H,1-3H3/q+1. The molecule has 3 rings (SSSR count). The molecule has 0 aliphatic carbocycles. The van der Waals surface area contributed by atoms with Crippen LogP contribution >= 0.6 is 0 Å². The highest BCUT2D eigenvalue weighted by atomic mass is 32.2. The lowest BCUT2D eigenvalue weighted by Gasteiger charge is -2.22. The predicted octanol–water partition coefficient (Wildman–Crippen LogP) is 5.68. The molecule has 0 fully saturated rings. The third kappa shape index (κ3) is 5.07. The first-order valence-electron chi connectivity index (χ1n) is 9.01. The van der Waals surface area contributed by atoms with E-state index in [1.165, 1.54) is 0 Å². The van der Waals surface area contributed by atoms with Gasteiger partial charge in [0.05, 0.1) is 0 Å². The van der Waals surface area contributed by atoms with Gasteiger partial charge >= 0.3 is 0 Å². The number of hydrogen-bond donors (Lipinski definition) is 0. The van der Waals surface area contributed by atoms with E-state index >= 15 is 0 Å². The van der Waals surface area contributed by atoms with Crippen molar-refractivity contribution in [2.45, 2.75) is 41.1 Å². The number of ether oxygens (including phenoxy) is 2. The molecule has 0 amide bonds. The van der Waals surface area contributed by atoms with Gasteiger partial charge in [-0.25, -0.2) is 4.79 Å². The van der Waals surface area contributed by atoms with Crippen molar-refractivity contribution in [3.63, 3.8) is 0 Å². The maximum Gasteiger partial charge on any atom is 0.209 e. The number of hydrogen-bond acceptors (Lipinski definition) is 3. The van der Waals surface area contributed by atoms with Crippen LogP contribution in [0.5, 0.6) is 11.5 Å². The minimum Gasteiger partial charge on any atom is -0.488 e. The summed E-state index contributed by atoms with van der Waals surface area (Å²) in [7, 11) is -0.391. The second-order valence-electron chi connectivity index (χ2n) is 7.11. The fourth-order valence-electron chi connectivity index (χ4n) is 2.76. The molecular formula is C24H23O3S+. The van der Waals surface area contributed by atoms with Crippen molar-refractivity contribution in [3.05, 3.63) is 85.1 Å². The lowest BCUT2D eigenvalue weighted by molar-refractivity contribution is 0.130. The third-order valence-electron chi connectivity index (χ3n) is 3.75. The SMILES string of the molecule is CC(C)(C)Oc1ccc([S+](c2ccccc2)c2ccccc2)c(OC=C=O)c1. The molecule has 0 saturated carbocycles. The van der Waals surface area contributed by atoms with E-state index in [0.717, 1.165) is 20.9 Å². The Hall–Kier alpha value is -2.94. The maximum atomic E-state index is 10.8. The van der Waals surface area contributed by atoms with Crippen LogP contribution in [0.4, 0.5) is 0 Å². The van der Waals surface area contributed by atoms with E-state index in [0.29, 0.717) is 11.5 Å². The molecule has 3 aromatic rings. The monoisotopic (exact) mass is 391 g/mol. The first-order valence-corrected chi connectivity index (χ1v) is 10.2. The summed E-state index contributed by atoms with van der Waals surface area (Å²) in [6.07, 6.45) is 1.04. The van der Waals surface area contributed by atoms with Gasteiger partial charge in [-0.05, 0) is 51.1 Å². The second-order valence-corrected chi connectivity index (χ2v) is 9.10. The van der Waals surface area contributed by atoms with Gasteiger partial charge in [0.1, 0.15) is 22.2 Å². The molecule has 3 nitrogen and oxygen atoms in total. The van der Waals surface area contributed by atoms with Crippen molar-refractivity contribution < 1.29 is 14.3 Å². The minimum absolute atomic E-state index is 0.333. The van der Waals surface area contributed by atoms with Crippen LogP contribution in [0.1, 0.15) is 20.8 Å². The van der Waals surface area contributed by atoms with Crippen LogP contribution in [0.25, 0.3) is 0 Å². The topological polar surface area (TPSA) is 35.5 Å². The van der Waals surface area contributed by atoms with E-state index in [2.05, 4.69) is 24.3 Å². The van der Waals surface area contributed by atoms with Gasteiger partial charge in [0.15, 0.2) is 27.7 Å². The van der Waals surface area contributed by atoms with Crippen LogP contribution in [0.3, 0.4) is 0 Å². The Morgan fingerprint density at radius 1 is 0.857 bits per heavy atom. The smallest absolute Gasteiger partial charge is 0.209 e. The van der Waals surface area contributed by atoms with Crippen molar-refractivity contribution in [3.8, 4) is 11.5 Å². The molecule has 142 valence electrons. The van der Waals surface area contributed by atoms with E-state index < -0.39 is 10.9 Å². The quantitative estimate of drug-likeness (QED) is 0.308. The van der Waals surface area contributed by atoms with Crippen LogP contribution < -0.4 is 9.47 Å². The molecule has 28 heavy (non-hydrogen) atoms. The Morgan fingerprint density at radius 3 is 1.93 bits per heavy atom. The predicted molar refractivity (Wildman–Crippen MR) is 113 cm³/mol. The summed E-state index contributed by atoms with van der Waals surface area (Å²) in [6, 6.07) is 26.3. The zero-order chi connectivity index (χ0) is 20.0. The van der Waals surface area contributed by atoms with Gasteiger partial charge in [0.2, 0.25) is 4.90 Å². The fourth-order valence-corrected chi connectivity index (χ4v) is 4.91. The van der Waals surface area contributed by atoms with Crippen LogP contribution in [-0.4, -0.2) is 11.5 Å². The Kier molecular flexibility index (Phi) is 6.25. The molecule has 0 aromatic heterocycles. The van der Waals surface area contributed by atoms with Crippen LogP contribution in [0.2, 0.25) is 0 Å². The molecule has 0 aliphatic rings. The lowest BCUT2D eigenvalue weighted by Crippen LogP contribution is -2.23. The zero-order valence-corrected chi connectivity index (χ0v) is 17.0. The van der Waals surface area contributed by atoms with Crippen molar-refractivity contribution in [2.75, 3.05) is 0 Å². The van der Waals surface area contributed by atoms with Gasteiger partial charge in [0, 0.05) is 12.1 Å². The van der Waals surface area contributed by atoms with Crippen molar-refractivity contribution in [1.29, 1.82) is 0 Å². The second kappa shape index (κ2) is 8.83. The number of carbonyl (C=O) groups excluding carboxylic acids is 1. The van der Waals surface area contributed by atoms with E-state index in [1.807, 2.05) is 75.4 Å². The molecule has 0 spiro atoms. The normalized spacial score (nSPS) is 11.0. The molecule has 0 bridgehead atoms. The van der Waals surface area contributed by atoms with Gasteiger partial charge in [-0.15, -0.1) is 0 Å². The molecule has 0 unspecified atom stereocenters. The average molecular weight is 392 g/mol. The Balaban J connectivity index is 2.14. The molecule has 3 aromatic carbocycles. The fraction of sp³-hybridized carbons (Fsp3) is 0.167. The van der Waals surface area contributed by atoms with Gasteiger partial charge < -0.3 is 9.47 Å². The van der Waals surface area contributed by atoms with Crippen molar-refractivity contribution >= 4 is 16.8 Å². The van der Waals surface area contributed by atoms with E-state index in [1.54, 1.807) is 5.94 Å². The summed E-state index contributed by atoms with van der Waals surface area (Å²) in [5, 5.41) is 0. The maximum absolute atomic E-state index is 10.8. The largest absolute Gasteiger partial charge is 0.488 e. The van der Waals surface area contributed by atoms with E-state index in [9.17, 15) is 4.79 Å². The number of rotatable bonds is 6. The first kappa shape index (κ1) is 19.8. The highest BCUT2D eigenvalue weighted by molar-refractivity contribution is 7.97. The zero-order valence-electron chi connectivity index (χ0n) is 16.2. The molecule has 0 aliphatic heterocycles. The summed E-state index contributed by atoms with van der Waals surface area (Å²) in [4.78, 5) is 14.1. The van der Waals surface area contributed by atoms with Crippen molar-refractivity contribution in [2.24, 2.45) is 0 Å². The molecule has 0 N–H and O–H groups in total. The third-order valence-corrected chi connectivity index (χ3v) is 6.02. The summed E-state index contributed by atoms with van der Waals surface area (Å²) < 4.78 is 11.6. The van der Waals surface area contributed by atoms with Crippen LogP contribution in [0, 0.1) is 0 Å². The van der Waals surface area contributed by atoms with Crippen LogP contribution in [-0.2, 0) is 15.7 Å². The van der Waals surface area contributed by atoms with Gasteiger partial charge in [-0.1, -0.05) is 36.4 Å². The summed E-state index contributed by atoms with van der Waals surface area (Å²) in [5.41, 5.74) is -0.333. The summed E-state index contributed by atoms with van der Waals surface area (Å²) in [6.45, 7) is 5.97. The minimum atomic E-state index is -0.391. The van der Waals surface area contributed by atoms with Gasteiger partial charge in [-0.2, -0.15) is 0 Å². The van der Waals surface area contributed by atoms with Crippen molar-refractivity contribution in [1.82, 2.24) is 0 Å². The molecule has 0 radical (unpaired) electrons. The molecule has 0 saturated heterocycles. The molecule has 4 heteroatoms. The Bertz CT molecular complexity index is 917. The van der Waals surface area contributed by atoms with Gasteiger partial charge in [-0.3, -0.25) is 0 Å². The lowest BCUT2D eigenvalue weighted by atomic mass is 10.2. The molecule has 0 atom stereocenters. The molecule has 0 heterocycles. The summed E-state index contributed by atoms with van der Waals surface area (Å²) in [5.74, 6) is 2.97. The van der Waals surface area contributed by atoms with Gasteiger partial charge in [0.25, 0.3) is 0 Å². The average Bonchev–Trinajstić information content (AvgIpc) is 2.68. The van der Waals surface area contributed by atoms with E-state index in [4.69, 9.17) is 9.47 Å². The highest BCUT2D eigenvalue weighted by Gasteiger charge is 2.32.